The molecule has 2 aromatic rings. The smallest absolute Gasteiger partial charge is 0.116 e. The Balaban J connectivity index is 2.42. The molecule has 1 aliphatic carbocycles. The van der Waals surface area contributed by atoms with Crippen LogP contribution in [0.4, 0.5) is 0 Å². The second-order valence-corrected chi connectivity index (χ2v) is 4.96. The Morgan fingerprint density at radius 3 is 2.47 bits per heavy atom. The maximum Gasteiger partial charge on any atom is 0.116 e. The van der Waals surface area contributed by atoms with Crippen molar-refractivity contribution in [3.05, 3.63) is 70.5 Å². The summed E-state index contributed by atoms with van der Waals surface area (Å²) >= 11 is 0. The minimum absolute atomic E-state index is 0.291. The third-order valence-corrected chi connectivity index (χ3v) is 3.74. The fraction of sp³-hybridized carbons (Fsp3) is 0.111. The first-order chi connectivity index (χ1) is 9.16. The topological polar surface area (TPSA) is 20.2 Å². The van der Waals surface area contributed by atoms with E-state index in [1.165, 1.54) is 22.3 Å². The van der Waals surface area contributed by atoms with Gasteiger partial charge in [0.25, 0.3) is 0 Å². The van der Waals surface area contributed by atoms with Gasteiger partial charge >= 0.3 is 0 Å². The minimum atomic E-state index is 0.291. The molecule has 0 fully saturated rings. The number of fused-ring (bicyclic) bond motifs is 3. The summed E-state index contributed by atoms with van der Waals surface area (Å²) < 4.78 is 0. The quantitative estimate of drug-likeness (QED) is 0.703. The number of aryl methyl sites for hydroxylation is 1. The molecule has 0 saturated heterocycles. The molecule has 1 aliphatic rings. The molecule has 0 radical (unpaired) electrons. The Morgan fingerprint density at radius 1 is 0.842 bits per heavy atom. The number of allylic oxidation sites excluding steroid dienone is 1. The molecular weight excluding hydrogens is 232 g/mol. The monoisotopic (exact) mass is 248 g/mol. The van der Waals surface area contributed by atoms with Crippen LogP contribution in [-0.4, -0.2) is 5.11 Å². The first kappa shape index (κ1) is 11.8. The summed E-state index contributed by atoms with van der Waals surface area (Å²) in [6.45, 7) is 4.26. The zero-order valence-corrected chi connectivity index (χ0v) is 11.1. The fourth-order valence-corrected chi connectivity index (χ4v) is 2.57. The van der Waals surface area contributed by atoms with Gasteiger partial charge < -0.3 is 5.11 Å². The Labute approximate surface area is 113 Å². The van der Waals surface area contributed by atoms with Gasteiger partial charge in [-0.2, -0.15) is 0 Å². The van der Waals surface area contributed by atoms with E-state index < -0.39 is 0 Å². The van der Waals surface area contributed by atoms with Crippen molar-refractivity contribution in [1.29, 1.82) is 0 Å². The van der Waals surface area contributed by atoms with E-state index in [-0.39, 0.29) is 0 Å². The summed E-state index contributed by atoms with van der Waals surface area (Å²) in [6.07, 6.45) is 5.54. The molecule has 3 rings (SSSR count). The molecule has 94 valence electrons. The summed E-state index contributed by atoms with van der Waals surface area (Å²) in [4.78, 5) is 0. The van der Waals surface area contributed by atoms with Crippen LogP contribution in [0.2, 0.25) is 0 Å². The summed E-state index contributed by atoms with van der Waals surface area (Å²) in [7, 11) is 0. The second-order valence-electron chi connectivity index (χ2n) is 4.96. The lowest BCUT2D eigenvalue weighted by atomic mass is 9.88. The van der Waals surface area contributed by atoms with E-state index in [0.717, 1.165) is 11.1 Å². The van der Waals surface area contributed by atoms with Gasteiger partial charge in [0, 0.05) is 0 Å². The highest BCUT2D eigenvalue weighted by Crippen LogP contribution is 2.35. The van der Waals surface area contributed by atoms with Gasteiger partial charge in [-0.3, -0.25) is 0 Å². The molecule has 0 aromatic heterocycles. The van der Waals surface area contributed by atoms with Crippen molar-refractivity contribution in [3.63, 3.8) is 0 Å². The van der Waals surface area contributed by atoms with Crippen molar-refractivity contribution in [2.24, 2.45) is 0 Å². The Bertz CT molecular complexity index is 706. The summed E-state index contributed by atoms with van der Waals surface area (Å²) in [5.74, 6) is 0.291. The largest absolute Gasteiger partial charge is 0.508 e. The average Bonchev–Trinajstić information content (AvgIpc) is 2.40. The predicted molar refractivity (Wildman–Crippen MR) is 81.0 cm³/mol. The van der Waals surface area contributed by atoms with Gasteiger partial charge in [-0.25, -0.2) is 0 Å². The summed E-state index contributed by atoms with van der Waals surface area (Å²) in [6, 6.07) is 12.5. The van der Waals surface area contributed by atoms with Gasteiger partial charge in [0.1, 0.15) is 5.76 Å². The van der Waals surface area contributed by atoms with Crippen LogP contribution in [0.25, 0.3) is 23.3 Å². The predicted octanol–water partition coefficient (Wildman–Crippen LogP) is 4.90. The van der Waals surface area contributed by atoms with Gasteiger partial charge in [-0.1, -0.05) is 42.5 Å². The number of aliphatic hydroxyl groups excluding tert-OH is 1. The number of rotatable bonds is 0. The lowest BCUT2D eigenvalue weighted by Crippen LogP contribution is -1.96. The number of aliphatic hydroxyl groups is 1. The van der Waals surface area contributed by atoms with Gasteiger partial charge in [0.2, 0.25) is 0 Å². The van der Waals surface area contributed by atoms with E-state index in [1.54, 1.807) is 6.08 Å². The van der Waals surface area contributed by atoms with Crippen LogP contribution in [0.5, 0.6) is 0 Å². The molecule has 0 amide bonds. The molecule has 0 atom stereocenters. The standard InChI is InChI=1S/C18H16O/c1-12-7-8-15-11-16(19)10-9-14-5-3-4-6-17(14)18(15)13(12)2/h3-11,19H,1-2H3/b10-9-,14-9?,15-11?,16-10?,16-11+,18-17?. The maximum absolute atomic E-state index is 9.92. The summed E-state index contributed by atoms with van der Waals surface area (Å²) in [5.41, 5.74) is 7.18. The second kappa shape index (κ2) is 4.43. The molecule has 2 aromatic carbocycles. The molecular formula is C18H16O. The highest BCUT2D eigenvalue weighted by atomic mass is 16.3. The van der Waals surface area contributed by atoms with Crippen molar-refractivity contribution in [3.8, 4) is 11.1 Å². The Kier molecular flexibility index (Phi) is 2.75. The van der Waals surface area contributed by atoms with Crippen molar-refractivity contribution in [2.75, 3.05) is 0 Å². The van der Waals surface area contributed by atoms with E-state index in [0.29, 0.717) is 5.76 Å². The first-order valence-electron chi connectivity index (χ1n) is 6.45. The van der Waals surface area contributed by atoms with Crippen LogP contribution in [0, 0.1) is 13.8 Å². The molecule has 0 spiro atoms. The molecule has 0 bridgehead atoms. The van der Waals surface area contributed by atoms with Crippen LogP contribution < -0.4 is 0 Å². The molecule has 0 aliphatic heterocycles. The molecule has 0 saturated carbocycles. The first-order valence-corrected chi connectivity index (χ1v) is 6.45. The average molecular weight is 248 g/mol. The number of hydrogen-bond donors (Lipinski definition) is 1. The van der Waals surface area contributed by atoms with Crippen LogP contribution in [0.1, 0.15) is 22.3 Å². The molecule has 1 N–H and O–H groups in total. The number of benzene rings is 2. The zero-order chi connectivity index (χ0) is 13.4. The van der Waals surface area contributed by atoms with E-state index in [4.69, 9.17) is 0 Å². The van der Waals surface area contributed by atoms with Gasteiger partial charge in [-0.15, -0.1) is 0 Å². The molecule has 0 unspecified atom stereocenters. The Hall–Kier alpha value is -2.28. The molecule has 1 nitrogen and oxygen atoms in total. The zero-order valence-electron chi connectivity index (χ0n) is 11.1. The molecule has 19 heavy (non-hydrogen) atoms. The van der Waals surface area contributed by atoms with Gasteiger partial charge in [0.15, 0.2) is 0 Å². The molecule has 0 heterocycles. The third-order valence-electron chi connectivity index (χ3n) is 3.74. The van der Waals surface area contributed by atoms with Gasteiger partial charge in [0.05, 0.1) is 0 Å². The Morgan fingerprint density at radius 2 is 1.63 bits per heavy atom. The lowest BCUT2D eigenvalue weighted by Gasteiger charge is -2.17. The number of hydrogen-bond acceptors (Lipinski definition) is 1. The van der Waals surface area contributed by atoms with E-state index in [2.05, 4.69) is 44.2 Å². The highest BCUT2D eigenvalue weighted by Gasteiger charge is 2.13. The van der Waals surface area contributed by atoms with Gasteiger partial charge in [-0.05, 0) is 59.4 Å². The van der Waals surface area contributed by atoms with Crippen molar-refractivity contribution >= 4 is 12.2 Å². The van der Waals surface area contributed by atoms with E-state index in [9.17, 15) is 5.11 Å². The lowest BCUT2D eigenvalue weighted by molar-refractivity contribution is 0.438. The van der Waals surface area contributed by atoms with Crippen LogP contribution in [-0.2, 0) is 0 Å². The van der Waals surface area contributed by atoms with E-state index in [1.807, 2.05) is 18.2 Å². The van der Waals surface area contributed by atoms with Crippen molar-refractivity contribution < 1.29 is 5.11 Å². The van der Waals surface area contributed by atoms with Crippen LogP contribution in [0.3, 0.4) is 0 Å². The third kappa shape index (κ3) is 1.97. The van der Waals surface area contributed by atoms with Crippen LogP contribution >= 0.6 is 0 Å². The van der Waals surface area contributed by atoms with Crippen molar-refractivity contribution in [1.82, 2.24) is 0 Å². The SMILES string of the molecule is Cc1ccc2c(c1C)-c1ccccc1/C=C\C(O)=C/2. The van der Waals surface area contributed by atoms with Crippen LogP contribution in [0.15, 0.2) is 48.2 Å². The highest BCUT2D eigenvalue weighted by molar-refractivity contribution is 5.86. The normalized spacial score (nSPS) is 17.5. The van der Waals surface area contributed by atoms with E-state index >= 15 is 0 Å². The fourth-order valence-electron chi connectivity index (χ4n) is 2.57. The van der Waals surface area contributed by atoms with Crippen molar-refractivity contribution in [2.45, 2.75) is 13.8 Å². The summed E-state index contributed by atoms with van der Waals surface area (Å²) in [5, 5.41) is 9.92. The minimum Gasteiger partial charge on any atom is -0.508 e. The maximum atomic E-state index is 9.92. The molecule has 1 heteroatoms.